The van der Waals surface area contributed by atoms with Crippen molar-refractivity contribution in [2.75, 3.05) is 14.2 Å². The quantitative estimate of drug-likeness (QED) is 0.352. The maximum atomic E-state index is 12.0. The SMILES string of the molecule is COc1cccc(CC(=O)Oc2ccc(OC)cc2[N+](=O)[O-])c1. The van der Waals surface area contributed by atoms with E-state index >= 15 is 0 Å². The van der Waals surface area contributed by atoms with Crippen molar-refractivity contribution in [3.63, 3.8) is 0 Å². The third-order valence-corrected chi connectivity index (χ3v) is 3.07. The van der Waals surface area contributed by atoms with E-state index in [1.807, 2.05) is 0 Å². The van der Waals surface area contributed by atoms with Gasteiger partial charge in [-0.1, -0.05) is 12.1 Å². The second kappa shape index (κ2) is 7.26. The van der Waals surface area contributed by atoms with Crippen molar-refractivity contribution in [1.82, 2.24) is 0 Å². The van der Waals surface area contributed by atoms with E-state index in [4.69, 9.17) is 14.2 Å². The molecule has 0 aliphatic rings. The zero-order valence-electron chi connectivity index (χ0n) is 12.6. The molecule has 0 aromatic heterocycles. The van der Waals surface area contributed by atoms with Gasteiger partial charge in [-0.2, -0.15) is 0 Å². The van der Waals surface area contributed by atoms with Crippen LogP contribution in [0.25, 0.3) is 0 Å². The topological polar surface area (TPSA) is 87.9 Å². The predicted molar refractivity (Wildman–Crippen MR) is 82.0 cm³/mol. The molecule has 0 saturated carbocycles. The first-order valence-corrected chi connectivity index (χ1v) is 6.69. The van der Waals surface area contributed by atoms with Crippen LogP contribution in [-0.4, -0.2) is 25.1 Å². The van der Waals surface area contributed by atoms with E-state index < -0.39 is 10.9 Å². The molecule has 0 heterocycles. The van der Waals surface area contributed by atoms with Crippen LogP contribution in [0.5, 0.6) is 17.2 Å². The van der Waals surface area contributed by atoms with Gasteiger partial charge in [0.25, 0.3) is 0 Å². The summed E-state index contributed by atoms with van der Waals surface area (Å²) < 4.78 is 15.1. The number of esters is 1. The summed E-state index contributed by atoms with van der Waals surface area (Å²) in [5, 5.41) is 11.1. The van der Waals surface area contributed by atoms with Crippen molar-refractivity contribution < 1.29 is 23.9 Å². The summed E-state index contributed by atoms with van der Waals surface area (Å²) >= 11 is 0. The average Bonchev–Trinajstić information content (AvgIpc) is 2.55. The molecule has 2 aromatic carbocycles. The Morgan fingerprint density at radius 2 is 1.78 bits per heavy atom. The fourth-order valence-electron chi connectivity index (χ4n) is 1.96. The number of benzene rings is 2. The Morgan fingerprint density at radius 3 is 2.43 bits per heavy atom. The summed E-state index contributed by atoms with van der Waals surface area (Å²) in [5.74, 6) is 0.199. The smallest absolute Gasteiger partial charge is 0.315 e. The summed E-state index contributed by atoms with van der Waals surface area (Å²) in [6, 6.07) is 11.0. The van der Waals surface area contributed by atoms with Crippen molar-refractivity contribution >= 4 is 11.7 Å². The standard InChI is InChI=1S/C16H15NO6/c1-21-12-5-3-4-11(8-12)9-16(18)23-15-7-6-13(22-2)10-14(15)17(19)20/h3-8,10H,9H2,1-2H3. The second-order valence-corrected chi connectivity index (χ2v) is 4.59. The molecule has 2 aromatic rings. The molecule has 2 rings (SSSR count). The van der Waals surface area contributed by atoms with E-state index in [2.05, 4.69) is 0 Å². The third-order valence-electron chi connectivity index (χ3n) is 3.07. The molecule has 0 unspecified atom stereocenters. The van der Waals surface area contributed by atoms with Gasteiger partial charge in [-0.25, -0.2) is 0 Å². The zero-order chi connectivity index (χ0) is 16.8. The van der Waals surface area contributed by atoms with Crippen LogP contribution in [0.1, 0.15) is 5.56 Å². The number of hydrogen-bond donors (Lipinski definition) is 0. The van der Waals surface area contributed by atoms with E-state index in [9.17, 15) is 14.9 Å². The lowest BCUT2D eigenvalue weighted by molar-refractivity contribution is -0.385. The van der Waals surface area contributed by atoms with Crippen molar-refractivity contribution in [3.8, 4) is 17.2 Å². The number of carbonyl (C=O) groups excluding carboxylic acids is 1. The molecule has 0 bridgehead atoms. The highest BCUT2D eigenvalue weighted by molar-refractivity contribution is 5.76. The van der Waals surface area contributed by atoms with Gasteiger partial charge in [0, 0.05) is 0 Å². The van der Waals surface area contributed by atoms with E-state index in [0.29, 0.717) is 17.1 Å². The molecule has 0 amide bonds. The molecule has 0 atom stereocenters. The maximum absolute atomic E-state index is 12.0. The number of rotatable bonds is 6. The molecule has 0 fully saturated rings. The molecule has 7 nitrogen and oxygen atoms in total. The Bertz CT molecular complexity index is 728. The number of hydrogen-bond acceptors (Lipinski definition) is 6. The molecule has 23 heavy (non-hydrogen) atoms. The fourth-order valence-corrected chi connectivity index (χ4v) is 1.96. The van der Waals surface area contributed by atoms with Gasteiger partial charge in [0.2, 0.25) is 5.75 Å². The molecule has 0 radical (unpaired) electrons. The number of carbonyl (C=O) groups is 1. The lowest BCUT2D eigenvalue weighted by Gasteiger charge is -2.07. The van der Waals surface area contributed by atoms with Crippen LogP contribution >= 0.6 is 0 Å². The number of nitrogens with zero attached hydrogens (tertiary/aromatic N) is 1. The van der Waals surface area contributed by atoms with Crippen LogP contribution in [0, 0.1) is 10.1 Å². The van der Waals surface area contributed by atoms with Crippen LogP contribution in [0.4, 0.5) is 5.69 Å². The van der Waals surface area contributed by atoms with Crippen LogP contribution in [0.3, 0.4) is 0 Å². The van der Waals surface area contributed by atoms with Gasteiger partial charge >= 0.3 is 11.7 Å². The summed E-state index contributed by atoms with van der Waals surface area (Å²) in [6.45, 7) is 0. The second-order valence-electron chi connectivity index (χ2n) is 4.59. The average molecular weight is 317 g/mol. The summed E-state index contributed by atoms with van der Waals surface area (Å²) in [5.41, 5.74) is 0.355. The molecule has 0 spiro atoms. The van der Waals surface area contributed by atoms with Gasteiger partial charge in [0.05, 0.1) is 31.6 Å². The van der Waals surface area contributed by atoms with Crippen molar-refractivity contribution in [1.29, 1.82) is 0 Å². The van der Waals surface area contributed by atoms with Gasteiger partial charge in [0.15, 0.2) is 0 Å². The van der Waals surface area contributed by atoms with Gasteiger partial charge in [-0.05, 0) is 29.8 Å². The van der Waals surface area contributed by atoms with E-state index in [1.54, 1.807) is 24.3 Å². The fraction of sp³-hybridized carbons (Fsp3) is 0.188. The zero-order valence-corrected chi connectivity index (χ0v) is 12.6. The summed E-state index contributed by atoms with van der Waals surface area (Å²) in [7, 11) is 2.92. The third kappa shape index (κ3) is 4.19. The van der Waals surface area contributed by atoms with Crippen LogP contribution in [-0.2, 0) is 11.2 Å². The monoisotopic (exact) mass is 317 g/mol. The van der Waals surface area contributed by atoms with Gasteiger partial charge in [-0.15, -0.1) is 0 Å². The van der Waals surface area contributed by atoms with Gasteiger partial charge in [-0.3, -0.25) is 14.9 Å². The minimum absolute atomic E-state index is 0.0274. The maximum Gasteiger partial charge on any atom is 0.315 e. The van der Waals surface area contributed by atoms with Crippen molar-refractivity contribution in [3.05, 3.63) is 58.1 Å². The van der Waals surface area contributed by atoms with Crippen LogP contribution in [0.2, 0.25) is 0 Å². The normalized spacial score (nSPS) is 10.0. The Hall–Kier alpha value is -3.09. The molecule has 0 saturated heterocycles. The molecule has 120 valence electrons. The summed E-state index contributed by atoms with van der Waals surface area (Å²) in [4.78, 5) is 22.4. The highest BCUT2D eigenvalue weighted by atomic mass is 16.6. The van der Waals surface area contributed by atoms with Crippen molar-refractivity contribution in [2.24, 2.45) is 0 Å². The largest absolute Gasteiger partial charge is 0.497 e. The lowest BCUT2D eigenvalue weighted by Crippen LogP contribution is -2.12. The number of nitro benzene ring substituents is 1. The number of methoxy groups -OCH3 is 2. The van der Waals surface area contributed by atoms with E-state index in [1.165, 1.54) is 32.4 Å². The Morgan fingerprint density at radius 1 is 1.09 bits per heavy atom. The first-order valence-electron chi connectivity index (χ1n) is 6.69. The van der Waals surface area contributed by atoms with Crippen molar-refractivity contribution in [2.45, 2.75) is 6.42 Å². The van der Waals surface area contributed by atoms with E-state index in [0.717, 1.165) is 0 Å². The molecule has 0 aliphatic heterocycles. The molecular weight excluding hydrogens is 302 g/mol. The predicted octanol–water partition coefficient (Wildman–Crippen LogP) is 2.76. The highest BCUT2D eigenvalue weighted by Gasteiger charge is 2.19. The Kier molecular flexibility index (Phi) is 5.14. The van der Waals surface area contributed by atoms with Crippen LogP contribution in [0.15, 0.2) is 42.5 Å². The summed E-state index contributed by atoms with van der Waals surface area (Å²) in [6.07, 6.45) is -0.0274. The Labute approximate surface area is 132 Å². The first-order chi connectivity index (χ1) is 11.0. The lowest BCUT2D eigenvalue weighted by atomic mass is 10.1. The van der Waals surface area contributed by atoms with Gasteiger partial charge in [0.1, 0.15) is 11.5 Å². The molecular formula is C16H15NO6. The van der Waals surface area contributed by atoms with E-state index in [-0.39, 0.29) is 17.9 Å². The van der Waals surface area contributed by atoms with Gasteiger partial charge < -0.3 is 14.2 Å². The number of ether oxygens (including phenoxy) is 3. The van der Waals surface area contributed by atoms with Crippen LogP contribution < -0.4 is 14.2 Å². The first kappa shape index (κ1) is 16.3. The molecule has 0 aliphatic carbocycles. The minimum atomic E-state index is -0.628. The highest BCUT2D eigenvalue weighted by Crippen LogP contribution is 2.31. The molecule has 7 heteroatoms. The number of nitro groups is 1. The Balaban J connectivity index is 2.15. The molecule has 0 N–H and O–H groups in total. The minimum Gasteiger partial charge on any atom is -0.497 e.